The smallest absolute Gasteiger partial charge is 0.199 e. The maximum atomic E-state index is 5.55. The lowest BCUT2D eigenvalue weighted by atomic mass is 10.2. The summed E-state index contributed by atoms with van der Waals surface area (Å²) < 4.78 is 5.55. The van der Waals surface area contributed by atoms with Gasteiger partial charge in [0.15, 0.2) is 11.6 Å². The lowest BCUT2D eigenvalue weighted by Crippen LogP contribution is -2.04. The molecular formula is C16H19N3OS. The lowest BCUT2D eigenvalue weighted by molar-refractivity contribution is 0.576. The second kappa shape index (κ2) is 5.48. The summed E-state index contributed by atoms with van der Waals surface area (Å²) in [4.78, 5) is 11.7. The second-order valence-corrected chi connectivity index (χ2v) is 6.42. The second-order valence-electron chi connectivity index (χ2n) is 5.22. The van der Waals surface area contributed by atoms with Crippen molar-refractivity contribution in [3.05, 3.63) is 28.3 Å². The Kier molecular flexibility index (Phi) is 3.68. The molecule has 3 rings (SSSR count). The summed E-state index contributed by atoms with van der Waals surface area (Å²) in [6.45, 7) is 9.32. The van der Waals surface area contributed by atoms with Crippen LogP contribution in [0.3, 0.4) is 0 Å². The van der Waals surface area contributed by atoms with E-state index >= 15 is 0 Å². The van der Waals surface area contributed by atoms with Crippen molar-refractivity contribution < 1.29 is 4.42 Å². The van der Waals surface area contributed by atoms with Crippen molar-refractivity contribution in [2.24, 2.45) is 0 Å². The van der Waals surface area contributed by atoms with Crippen molar-refractivity contribution in [3.8, 4) is 11.6 Å². The minimum atomic E-state index is 0.657. The molecule has 0 radical (unpaired) electrons. The van der Waals surface area contributed by atoms with Gasteiger partial charge in [-0.2, -0.15) is 0 Å². The molecule has 0 atom stereocenters. The van der Waals surface area contributed by atoms with E-state index < -0.39 is 0 Å². The first-order valence-electron chi connectivity index (χ1n) is 7.18. The van der Waals surface area contributed by atoms with Crippen LogP contribution in [0.5, 0.6) is 0 Å². The fraction of sp³-hybridized carbons (Fsp3) is 0.375. The van der Waals surface area contributed by atoms with Gasteiger partial charge in [0.1, 0.15) is 10.6 Å². The van der Waals surface area contributed by atoms with Gasteiger partial charge < -0.3 is 9.73 Å². The van der Waals surface area contributed by atoms with Gasteiger partial charge in [0.2, 0.25) is 0 Å². The summed E-state index contributed by atoms with van der Waals surface area (Å²) >= 11 is 1.71. The Morgan fingerprint density at radius 2 is 2.05 bits per heavy atom. The van der Waals surface area contributed by atoms with Gasteiger partial charge in [-0.3, -0.25) is 0 Å². The van der Waals surface area contributed by atoms with Gasteiger partial charge in [-0.15, -0.1) is 11.3 Å². The Hall–Kier alpha value is -1.88. The number of fused-ring (bicyclic) bond motifs is 1. The van der Waals surface area contributed by atoms with Crippen LogP contribution in [-0.4, -0.2) is 16.5 Å². The number of hydrogen-bond donors (Lipinski definition) is 1. The van der Waals surface area contributed by atoms with E-state index in [1.807, 2.05) is 13.0 Å². The largest absolute Gasteiger partial charge is 0.461 e. The van der Waals surface area contributed by atoms with Gasteiger partial charge >= 0.3 is 0 Å². The number of thiophene rings is 1. The number of hydrogen-bond acceptors (Lipinski definition) is 5. The molecule has 0 aliphatic carbocycles. The minimum Gasteiger partial charge on any atom is -0.461 e. The van der Waals surface area contributed by atoms with E-state index in [0.717, 1.165) is 40.3 Å². The van der Waals surface area contributed by atoms with Gasteiger partial charge in [-0.1, -0.05) is 6.92 Å². The van der Waals surface area contributed by atoms with E-state index in [1.165, 1.54) is 10.4 Å². The summed E-state index contributed by atoms with van der Waals surface area (Å²) in [5.74, 6) is 2.32. The van der Waals surface area contributed by atoms with E-state index in [9.17, 15) is 0 Å². The van der Waals surface area contributed by atoms with E-state index in [4.69, 9.17) is 14.4 Å². The van der Waals surface area contributed by atoms with Crippen molar-refractivity contribution in [2.45, 2.75) is 34.1 Å². The molecule has 5 heteroatoms. The third kappa shape index (κ3) is 2.42. The molecule has 0 aliphatic rings. The van der Waals surface area contributed by atoms with Crippen molar-refractivity contribution in [1.82, 2.24) is 9.97 Å². The van der Waals surface area contributed by atoms with Crippen LogP contribution in [-0.2, 0) is 0 Å². The predicted molar refractivity (Wildman–Crippen MR) is 88.1 cm³/mol. The molecule has 0 aromatic carbocycles. The molecule has 0 fully saturated rings. The first-order valence-corrected chi connectivity index (χ1v) is 7.99. The Morgan fingerprint density at radius 1 is 1.24 bits per heavy atom. The zero-order valence-corrected chi connectivity index (χ0v) is 13.6. The van der Waals surface area contributed by atoms with Gasteiger partial charge in [0.25, 0.3) is 0 Å². The van der Waals surface area contributed by atoms with Crippen LogP contribution in [0.4, 0.5) is 5.82 Å². The summed E-state index contributed by atoms with van der Waals surface area (Å²) in [6, 6.07) is 1.94. The van der Waals surface area contributed by atoms with Crippen LogP contribution >= 0.6 is 11.3 Å². The summed E-state index contributed by atoms with van der Waals surface area (Å²) in [7, 11) is 0. The fourth-order valence-corrected chi connectivity index (χ4v) is 3.35. The highest BCUT2D eigenvalue weighted by Gasteiger charge is 2.17. The van der Waals surface area contributed by atoms with E-state index in [0.29, 0.717) is 5.82 Å². The monoisotopic (exact) mass is 301 g/mol. The summed E-state index contributed by atoms with van der Waals surface area (Å²) in [6.07, 6.45) is 2.74. The third-order valence-corrected chi connectivity index (χ3v) is 4.74. The predicted octanol–water partition coefficient (Wildman–Crippen LogP) is 4.70. The van der Waals surface area contributed by atoms with Gasteiger partial charge in [0, 0.05) is 11.4 Å². The molecule has 0 saturated heterocycles. The molecule has 21 heavy (non-hydrogen) atoms. The van der Waals surface area contributed by atoms with Gasteiger partial charge in [-0.25, -0.2) is 9.97 Å². The topological polar surface area (TPSA) is 51.0 Å². The first-order chi connectivity index (χ1) is 10.1. The van der Waals surface area contributed by atoms with Gasteiger partial charge in [0.05, 0.1) is 11.6 Å². The number of aromatic nitrogens is 2. The minimum absolute atomic E-state index is 0.657. The number of aryl methyl sites for hydroxylation is 3. The van der Waals surface area contributed by atoms with Crippen LogP contribution in [0, 0.1) is 20.8 Å². The van der Waals surface area contributed by atoms with Crippen LogP contribution in [0.25, 0.3) is 21.8 Å². The zero-order chi connectivity index (χ0) is 15.0. The van der Waals surface area contributed by atoms with E-state index in [-0.39, 0.29) is 0 Å². The standard InChI is InChI=1S/C16H19N3OS/c1-5-7-17-14-12-10(3)11(4)21-16(12)19-15(18-14)13-9(2)6-8-20-13/h6,8H,5,7H2,1-4H3,(H,17,18,19). The first kappa shape index (κ1) is 14.1. The maximum absolute atomic E-state index is 5.55. The average Bonchev–Trinajstić information content (AvgIpc) is 3.01. The third-order valence-electron chi connectivity index (χ3n) is 3.64. The van der Waals surface area contributed by atoms with Crippen LogP contribution in [0.2, 0.25) is 0 Å². The summed E-state index contributed by atoms with van der Waals surface area (Å²) in [5.41, 5.74) is 2.32. The molecule has 0 spiro atoms. The van der Waals surface area contributed by atoms with Crippen LogP contribution < -0.4 is 5.32 Å². The van der Waals surface area contributed by atoms with Crippen molar-refractivity contribution >= 4 is 27.4 Å². The van der Waals surface area contributed by atoms with Crippen molar-refractivity contribution in [3.63, 3.8) is 0 Å². The van der Waals surface area contributed by atoms with Crippen molar-refractivity contribution in [1.29, 1.82) is 0 Å². The highest BCUT2D eigenvalue weighted by atomic mass is 32.1. The Balaban J connectivity index is 2.22. The average molecular weight is 301 g/mol. The molecule has 3 aromatic rings. The summed E-state index contributed by atoms with van der Waals surface area (Å²) in [5, 5.41) is 4.57. The van der Waals surface area contributed by atoms with Crippen LogP contribution in [0.15, 0.2) is 16.7 Å². The molecule has 3 heterocycles. The Morgan fingerprint density at radius 3 is 2.71 bits per heavy atom. The molecule has 0 amide bonds. The quantitative estimate of drug-likeness (QED) is 0.759. The Labute approximate surface area is 128 Å². The maximum Gasteiger partial charge on any atom is 0.199 e. The molecule has 0 unspecified atom stereocenters. The number of rotatable bonds is 4. The van der Waals surface area contributed by atoms with Gasteiger partial charge in [-0.05, 0) is 44.4 Å². The molecular weight excluding hydrogens is 282 g/mol. The molecule has 0 aliphatic heterocycles. The Bertz CT molecular complexity index is 788. The van der Waals surface area contributed by atoms with Crippen molar-refractivity contribution in [2.75, 3.05) is 11.9 Å². The molecule has 0 saturated carbocycles. The number of anilines is 1. The molecule has 1 N–H and O–H groups in total. The van der Waals surface area contributed by atoms with E-state index in [2.05, 4.69) is 26.1 Å². The highest BCUT2D eigenvalue weighted by molar-refractivity contribution is 7.18. The number of furan rings is 1. The molecule has 4 nitrogen and oxygen atoms in total. The molecule has 3 aromatic heterocycles. The van der Waals surface area contributed by atoms with E-state index in [1.54, 1.807) is 17.6 Å². The highest BCUT2D eigenvalue weighted by Crippen LogP contribution is 2.35. The van der Waals surface area contributed by atoms with Crippen LogP contribution in [0.1, 0.15) is 29.3 Å². The SMILES string of the molecule is CCCNc1nc(-c2occc2C)nc2sc(C)c(C)c12. The molecule has 110 valence electrons. The number of nitrogens with one attached hydrogen (secondary N) is 1. The fourth-order valence-electron chi connectivity index (χ4n) is 2.32. The normalized spacial score (nSPS) is 11.2. The lowest BCUT2D eigenvalue weighted by Gasteiger charge is -2.08. The zero-order valence-electron chi connectivity index (χ0n) is 12.8. The number of nitrogens with zero attached hydrogens (tertiary/aromatic N) is 2. The molecule has 0 bridgehead atoms.